The highest BCUT2D eigenvalue weighted by atomic mass is 35.5. The van der Waals surface area contributed by atoms with Gasteiger partial charge in [0, 0.05) is 28.2 Å². The highest BCUT2D eigenvalue weighted by Gasteiger charge is 2.37. The van der Waals surface area contributed by atoms with Gasteiger partial charge in [0.1, 0.15) is 0 Å². The van der Waals surface area contributed by atoms with E-state index >= 15 is 0 Å². The smallest absolute Gasteiger partial charge is 0.0738 e. The minimum Gasteiger partial charge on any atom is -0.278 e. The van der Waals surface area contributed by atoms with Crippen LogP contribution in [-0.2, 0) is 0 Å². The second-order valence-corrected chi connectivity index (χ2v) is 5.81. The fourth-order valence-electron chi connectivity index (χ4n) is 3.01. The Morgan fingerprint density at radius 1 is 1.30 bits per heavy atom. The molecule has 4 heteroatoms. The number of pyridine rings is 1. The van der Waals surface area contributed by atoms with Crippen molar-refractivity contribution in [3.63, 3.8) is 0 Å². The highest BCUT2D eigenvalue weighted by molar-refractivity contribution is 6.31. The molecule has 2 unspecified atom stereocenters. The van der Waals surface area contributed by atoms with E-state index in [1.54, 1.807) is 6.20 Å². The summed E-state index contributed by atoms with van der Waals surface area (Å²) < 4.78 is 0. The predicted octanol–water partition coefficient (Wildman–Crippen LogP) is 4.25. The van der Waals surface area contributed by atoms with E-state index in [1.807, 2.05) is 24.3 Å². The van der Waals surface area contributed by atoms with Gasteiger partial charge in [-0.2, -0.15) is 5.10 Å². The summed E-state index contributed by atoms with van der Waals surface area (Å²) in [5.74, 6) is 1.36. The van der Waals surface area contributed by atoms with E-state index in [-0.39, 0.29) is 0 Å². The van der Waals surface area contributed by atoms with Crippen LogP contribution in [0.15, 0.2) is 47.7 Å². The van der Waals surface area contributed by atoms with Gasteiger partial charge in [-0.1, -0.05) is 23.8 Å². The summed E-state index contributed by atoms with van der Waals surface area (Å²) in [5, 5.41) is 6.33. The summed E-state index contributed by atoms with van der Waals surface area (Å²) in [6.07, 6.45) is 8.58. The molecular weight excluding hydrogens is 270 g/mol. The molecule has 2 atom stereocenters. The van der Waals surface area contributed by atoms with Crippen LogP contribution in [0.3, 0.4) is 0 Å². The lowest BCUT2D eigenvalue weighted by Crippen LogP contribution is -2.33. The molecule has 0 spiro atoms. The zero-order valence-corrected chi connectivity index (χ0v) is 11.6. The Labute approximate surface area is 122 Å². The van der Waals surface area contributed by atoms with Crippen molar-refractivity contribution in [3.8, 4) is 0 Å². The summed E-state index contributed by atoms with van der Waals surface area (Å²) in [4.78, 5) is 4.33. The summed E-state index contributed by atoms with van der Waals surface area (Å²) in [6.45, 7) is 0. The molecule has 1 heterocycles. The minimum absolute atomic E-state index is 0.630. The van der Waals surface area contributed by atoms with Crippen LogP contribution in [0.4, 0.5) is 5.69 Å². The number of hydrogen-bond acceptors (Lipinski definition) is 3. The number of aromatic nitrogens is 1. The largest absolute Gasteiger partial charge is 0.278 e. The molecule has 2 aliphatic rings. The van der Waals surface area contributed by atoms with Crippen molar-refractivity contribution in [1.82, 2.24) is 4.98 Å². The standard InChI is InChI=1S/C16H14ClN3/c17-11-4-5-13-14(6-7-18-15(13)9-11)19-20-16-8-10-2-1-3-12(10)16/h1-2,4-7,9-10,12H,3,8H2,(H,18,19)/b20-16+. The second-order valence-electron chi connectivity index (χ2n) is 5.37. The third-order valence-corrected chi connectivity index (χ3v) is 4.42. The molecule has 0 bridgehead atoms. The number of fused-ring (bicyclic) bond motifs is 2. The lowest BCUT2D eigenvalue weighted by molar-refractivity contribution is 0.466. The van der Waals surface area contributed by atoms with E-state index in [9.17, 15) is 0 Å². The van der Waals surface area contributed by atoms with Gasteiger partial charge >= 0.3 is 0 Å². The molecule has 2 aromatic rings. The molecule has 3 nitrogen and oxygen atoms in total. The molecule has 0 radical (unpaired) electrons. The van der Waals surface area contributed by atoms with E-state index in [0.29, 0.717) is 10.9 Å². The van der Waals surface area contributed by atoms with Crippen LogP contribution in [0.2, 0.25) is 5.02 Å². The summed E-state index contributed by atoms with van der Waals surface area (Å²) in [6, 6.07) is 7.68. The number of hydrogen-bond donors (Lipinski definition) is 1. The number of rotatable bonds is 2. The highest BCUT2D eigenvalue weighted by Crippen LogP contribution is 2.40. The molecule has 0 aliphatic heterocycles. The Kier molecular flexibility index (Phi) is 2.74. The zero-order valence-electron chi connectivity index (χ0n) is 10.9. The number of hydrazone groups is 1. The maximum absolute atomic E-state index is 6.00. The first-order valence-electron chi connectivity index (χ1n) is 6.85. The van der Waals surface area contributed by atoms with Crippen LogP contribution in [0.25, 0.3) is 10.9 Å². The van der Waals surface area contributed by atoms with Crippen molar-refractivity contribution in [2.24, 2.45) is 16.9 Å². The Morgan fingerprint density at radius 3 is 3.15 bits per heavy atom. The van der Waals surface area contributed by atoms with Gasteiger partial charge < -0.3 is 0 Å². The Bertz CT molecular complexity index is 736. The monoisotopic (exact) mass is 283 g/mol. The average molecular weight is 284 g/mol. The van der Waals surface area contributed by atoms with Crippen LogP contribution in [-0.4, -0.2) is 10.7 Å². The van der Waals surface area contributed by atoms with Gasteiger partial charge in [-0.15, -0.1) is 0 Å². The maximum Gasteiger partial charge on any atom is 0.0738 e. The van der Waals surface area contributed by atoms with Gasteiger partial charge in [0.05, 0.1) is 11.2 Å². The third kappa shape index (κ3) is 1.90. The van der Waals surface area contributed by atoms with Gasteiger partial charge in [-0.05, 0) is 43.0 Å². The van der Waals surface area contributed by atoms with Gasteiger partial charge in [0.25, 0.3) is 0 Å². The van der Waals surface area contributed by atoms with Crippen molar-refractivity contribution in [2.45, 2.75) is 12.8 Å². The Hall–Kier alpha value is -1.87. The molecule has 0 saturated heterocycles. The van der Waals surface area contributed by atoms with Crippen molar-refractivity contribution >= 4 is 33.9 Å². The van der Waals surface area contributed by atoms with E-state index in [0.717, 1.165) is 35.3 Å². The Morgan fingerprint density at radius 2 is 2.25 bits per heavy atom. The third-order valence-electron chi connectivity index (χ3n) is 4.19. The topological polar surface area (TPSA) is 37.3 Å². The zero-order chi connectivity index (χ0) is 13.5. The number of nitrogens with zero attached hydrogens (tertiary/aromatic N) is 2. The molecule has 1 saturated carbocycles. The van der Waals surface area contributed by atoms with Crippen molar-refractivity contribution in [1.29, 1.82) is 0 Å². The van der Waals surface area contributed by atoms with Crippen molar-refractivity contribution in [3.05, 3.63) is 47.6 Å². The fourth-order valence-corrected chi connectivity index (χ4v) is 3.18. The number of allylic oxidation sites excluding steroid dienone is 2. The number of benzene rings is 1. The number of halogens is 1. The normalized spacial score (nSPS) is 25.8. The van der Waals surface area contributed by atoms with Gasteiger partial charge in [0.15, 0.2) is 0 Å². The molecule has 2 aliphatic carbocycles. The predicted molar refractivity (Wildman–Crippen MR) is 83.2 cm³/mol. The first kappa shape index (κ1) is 11.9. The quantitative estimate of drug-likeness (QED) is 0.661. The van der Waals surface area contributed by atoms with E-state index in [1.165, 1.54) is 5.71 Å². The first-order valence-corrected chi connectivity index (χ1v) is 7.22. The summed E-state index contributed by atoms with van der Waals surface area (Å²) in [7, 11) is 0. The molecule has 1 aromatic carbocycles. The Balaban J connectivity index is 1.62. The van der Waals surface area contributed by atoms with Crippen LogP contribution in [0.1, 0.15) is 12.8 Å². The average Bonchev–Trinajstić information content (AvgIpc) is 2.80. The number of nitrogens with one attached hydrogen (secondary N) is 1. The molecule has 1 aromatic heterocycles. The molecular formula is C16H14ClN3. The van der Waals surface area contributed by atoms with Crippen LogP contribution < -0.4 is 5.43 Å². The van der Waals surface area contributed by atoms with E-state index in [2.05, 4.69) is 27.7 Å². The van der Waals surface area contributed by atoms with Gasteiger partial charge in [-0.25, -0.2) is 0 Å². The van der Waals surface area contributed by atoms with Crippen LogP contribution >= 0.6 is 11.6 Å². The van der Waals surface area contributed by atoms with E-state index < -0.39 is 0 Å². The lowest BCUT2D eigenvalue weighted by atomic mass is 9.74. The molecule has 100 valence electrons. The van der Waals surface area contributed by atoms with Crippen molar-refractivity contribution < 1.29 is 0 Å². The molecule has 1 N–H and O–H groups in total. The van der Waals surface area contributed by atoms with Gasteiger partial charge in [0.2, 0.25) is 0 Å². The minimum atomic E-state index is 0.630. The van der Waals surface area contributed by atoms with Gasteiger partial charge in [-0.3, -0.25) is 10.4 Å². The summed E-state index contributed by atoms with van der Waals surface area (Å²) in [5.41, 5.74) is 6.34. The SMILES string of the molecule is Clc1ccc2c(N/N=C3\CC4C=CCC34)ccnc2c1. The van der Waals surface area contributed by atoms with Crippen LogP contribution in [0, 0.1) is 11.8 Å². The molecule has 0 amide bonds. The van der Waals surface area contributed by atoms with E-state index in [4.69, 9.17) is 11.6 Å². The molecule has 4 rings (SSSR count). The van der Waals surface area contributed by atoms with Crippen LogP contribution in [0.5, 0.6) is 0 Å². The lowest BCUT2D eigenvalue weighted by Gasteiger charge is -2.32. The first-order chi connectivity index (χ1) is 9.81. The summed E-state index contributed by atoms with van der Waals surface area (Å²) >= 11 is 6.00. The fraction of sp³-hybridized carbons (Fsp3) is 0.250. The maximum atomic E-state index is 6.00. The molecule has 20 heavy (non-hydrogen) atoms. The molecule has 1 fully saturated rings. The second kappa shape index (κ2) is 4.60. The number of anilines is 1. The van der Waals surface area contributed by atoms with Crippen molar-refractivity contribution in [2.75, 3.05) is 5.43 Å².